The molecule has 0 radical (unpaired) electrons. The largest absolute Gasteiger partial charge is 0.482 e. The van der Waals surface area contributed by atoms with Crippen molar-refractivity contribution in [1.82, 2.24) is 15.5 Å². The van der Waals surface area contributed by atoms with Crippen molar-refractivity contribution in [3.63, 3.8) is 0 Å². The standard InChI is InChI=1S/C20H18N4O4/c1-2-24-15-10-14(8-9-16(15)27-12-18(24)25)19-22-17(28-23-19)11-21-20(26)13-6-4-3-5-7-13/h3-10H,2,11-12H2,1H3,(H,21,26). The van der Waals surface area contributed by atoms with Crippen LogP contribution in [0.15, 0.2) is 53.1 Å². The second-order valence-electron chi connectivity index (χ2n) is 6.17. The van der Waals surface area contributed by atoms with Crippen LogP contribution in [-0.4, -0.2) is 35.1 Å². The van der Waals surface area contributed by atoms with Gasteiger partial charge in [-0.05, 0) is 37.3 Å². The molecule has 0 saturated carbocycles. The number of carbonyl (C=O) groups excluding carboxylic acids is 2. The van der Waals surface area contributed by atoms with Gasteiger partial charge in [-0.3, -0.25) is 9.59 Å². The zero-order chi connectivity index (χ0) is 19.5. The van der Waals surface area contributed by atoms with Gasteiger partial charge in [0, 0.05) is 17.7 Å². The van der Waals surface area contributed by atoms with Crippen molar-refractivity contribution in [2.75, 3.05) is 18.1 Å². The second-order valence-corrected chi connectivity index (χ2v) is 6.17. The van der Waals surface area contributed by atoms with E-state index in [1.165, 1.54) is 0 Å². The van der Waals surface area contributed by atoms with Gasteiger partial charge in [0.25, 0.3) is 11.8 Å². The first-order valence-corrected chi connectivity index (χ1v) is 8.89. The number of ether oxygens (including phenoxy) is 1. The van der Waals surface area contributed by atoms with E-state index in [0.29, 0.717) is 34.9 Å². The third-order valence-corrected chi connectivity index (χ3v) is 4.38. The third-order valence-electron chi connectivity index (χ3n) is 4.38. The highest BCUT2D eigenvalue weighted by atomic mass is 16.5. The molecule has 0 unspecified atom stereocenters. The molecule has 4 rings (SSSR count). The van der Waals surface area contributed by atoms with E-state index in [1.54, 1.807) is 47.4 Å². The van der Waals surface area contributed by atoms with Crippen LogP contribution in [0.1, 0.15) is 23.2 Å². The number of carbonyl (C=O) groups is 2. The highest BCUT2D eigenvalue weighted by Crippen LogP contribution is 2.35. The summed E-state index contributed by atoms with van der Waals surface area (Å²) in [5.74, 6) is 0.995. The Bertz CT molecular complexity index is 1020. The summed E-state index contributed by atoms with van der Waals surface area (Å²) in [6.07, 6.45) is 0. The average Bonchev–Trinajstić information content (AvgIpc) is 3.21. The maximum absolute atomic E-state index is 12.1. The maximum Gasteiger partial charge on any atom is 0.265 e. The molecule has 8 nitrogen and oxygen atoms in total. The van der Waals surface area contributed by atoms with Crippen molar-refractivity contribution >= 4 is 17.5 Å². The number of benzene rings is 2. The van der Waals surface area contributed by atoms with Crippen LogP contribution in [0.2, 0.25) is 0 Å². The number of likely N-dealkylation sites (N-methyl/N-ethyl adjacent to an activating group) is 1. The summed E-state index contributed by atoms with van der Waals surface area (Å²) < 4.78 is 10.7. The summed E-state index contributed by atoms with van der Waals surface area (Å²) in [5.41, 5.74) is 1.93. The summed E-state index contributed by atoms with van der Waals surface area (Å²) in [6, 6.07) is 14.3. The number of amides is 2. The Morgan fingerprint density at radius 3 is 2.82 bits per heavy atom. The fourth-order valence-electron chi connectivity index (χ4n) is 2.98. The van der Waals surface area contributed by atoms with Gasteiger partial charge in [0.1, 0.15) is 5.75 Å². The Hall–Kier alpha value is -3.68. The summed E-state index contributed by atoms with van der Waals surface area (Å²) in [5, 5.41) is 6.72. The van der Waals surface area contributed by atoms with Crippen LogP contribution < -0.4 is 15.0 Å². The molecule has 1 aliphatic rings. The van der Waals surface area contributed by atoms with Gasteiger partial charge >= 0.3 is 0 Å². The number of hydrogen-bond donors (Lipinski definition) is 1. The van der Waals surface area contributed by atoms with Gasteiger partial charge in [-0.15, -0.1) is 0 Å². The molecule has 1 N–H and O–H groups in total. The van der Waals surface area contributed by atoms with Gasteiger partial charge < -0.3 is 19.5 Å². The quantitative estimate of drug-likeness (QED) is 0.732. The Morgan fingerprint density at radius 2 is 2.04 bits per heavy atom. The van der Waals surface area contributed by atoms with Crippen molar-refractivity contribution < 1.29 is 18.8 Å². The molecule has 0 aliphatic carbocycles. The minimum Gasteiger partial charge on any atom is -0.482 e. The lowest BCUT2D eigenvalue weighted by Gasteiger charge is -2.28. The van der Waals surface area contributed by atoms with Crippen molar-refractivity contribution in [1.29, 1.82) is 0 Å². The minimum absolute atomic E-state index is 0.0354. The van der Waals surface area contributed by atoms with Crippen LogP contribution in [-0.2, 0) is 11.3 Å². The van der Waals surface area contributed by atoms with Crippen LogP contribution in [0.3, 0.4) is 0 Å². The molecule has 2 aromatic carbocycles. The predicted octanol–water partition coefficient (Wildman–Crippen LogP) is 2.41. The van der Waals surface area contributed by atoms with Crippen LogP contribution in [0.25, 0.3) is 11.4 Å². The van der Waals surface area contributed by atoms with E-state index in [2.05, 4.69) is 15.5 Å². The fraction of sp³-hybridized carbons (Fsp3) is 0.200. The van der Waals surface area contributed by atoms with Crippen LogP contribution in [0.4, 0.5) is 5.69 Å². The number of nitrogens with one attached hydrogen (secondary N) is 1. The molecular formula is C20H18N4O4. The Labute approximate surface area is 161 Å². The number of hydrogen-bond acceptors (Lipinski definition) is 6. The lowest BCUT2D eigenvalue weighted by atomic mass is 10.1. The number of rotatable bonds is 5. The van der Waals surface area contributed by atoms with E-state index >= 15 is 0 Å². The predicted molar refractivity (Wildman–Crippen MR) is 101 cm³/mol. The van der Waals surface area contributed by atoms with E-state index in [0.717, 1.165) is 0 Å². The van der Waals surface area contributed by atoms with Crippen molar-refractivity contribution in [2.24, 2.45) is 0 Å². The first kappa shape index (κ1) is 17.7. The monoisotopic (exact) mass is 378 g/mol. The van der Waals surface area contributed by atoms with Gasteiger partial charge in [0.15, 0.2) is 6.61 Å². The zero-order valence-corrected chi connectivity index (χ0v) is 15.2. The molecule has 0 bridgehead atoms. The van der Waals surface area contributed by atoms with Gasteiger partial charge in [0.05, 0.1) is 12.2 Å². The molecule has 1 aromatic heterocycles. The van der Waals surface area contributed by atoms with Crippen LogP contribution in [0.5, 0.6) is 5.75 Å². The molecule has 0 fully saturated rings. The number of anilines is 1. The van der Waals surface area contributed by atoms with Crippen molar-refractivity contribution in [2.45, 2.75) is 13.5 Å². The van der Waals surface area contributed by atoms with E-state index in [1.807, 2.05) is 13.0 Å². The summed E-state index contributed by atoms with van der Waals surface area (Å²) in [7, 11) is 0. The van der Waals surface area contributed by atoms with Gasteiger partial charge in [-0.2, -0.15) is 4.98 Å². The lowest BCUT2D eigenvalue weighted by Crippen LogP contribution is -2.38. The second kappa shape index (κ2) is 7.51. The van der Waals surface area contributed by atoms with E-state index < -0.39 is 0 Å². The first-order chi connectivity index (χ1) is 13.7. The van der Waals surface area contributed by atoms with Crippen molar-refractivity contribution in [3.8, 4) is 17.1 Å². The Morgan fingerprint density at radius 1 is 1.21 bits per heavy atom. The molecule has 0 saturated heterocycles. The molecule has 1 aliphatic heterocycles. The summed E-state index contributed by atoms with van der Waals surface area (Å²) in [6.45, 7) is 2.60. The molecule has 28 heavy (non-hydrogen) atoms. The van der Waals surface area contributed by atoms with Gasteiger partial charge in [-0.1, -0.05) is 23.4 Å². The molecular weight excluding hydrogens is 360 g/mol. The van der Waals surface area contributed by atoms with E-state index in [9.17, 15) is 9.59 Å². The maximum atomic E-state index is 12.1. The molecule has 8 heteroatoms. The number of aromatic nitrogens is 2. The molecule has 2 amide bonds. The normalized spacial score (nSPS) is 13.0. The molecule has 2 heterocycles. The Kier molecular flexibility index (Phi) is 4.76. The van der Waals surface area contributed by atoms with Crippen LogP contribution >= 0.6 is 0 Å². The third kappa shape index (κ3) is 3.44. The number of fused-ring (bicyclic) bond motifs is 1. The van der Waals surface area contributed by atoms with Gasteiger partial charge in [0.2, 0.25) is 11.7 Å². The fourth-order valence-corrected chi connectivity index (χ4v) is 2.98. The zero-order valence-electron chi connectivity index (χ0n) is 15.2. The van der Waals surface area contributed by atoms with E-state index in [-0.39, 0.29) is 30.9 Å². The topological polar surface area (TPSA) is 97.6 Å². The molecule has 0 atom stereocenters. The highest BCUT2D eigenvalue weighted by Gasteiger charge is 2.25. The highest BCUT2D eigenvalue weighted by molar-refractivity contribution is 5.98. The molecule has 142 valence electrons. The number of nitrogens with zero attached hydrogens (tertiary/aromatic N) is 3. The minimum atomic E-state index is -0.219. The van der Waals surface area contributed by atoms with Gasteiger partial charge in [-0.25, -0.2) is 0 Å². The Balaban J connectivity index is 1.49. The molecule has 3 aromatic rings. The SMILES string of the molecule is CCN1C(=O)COc2ccc(-c3noc(CNC(=O)c4ccccc4)n3)cc21. The summed E-state index contributed by atoms with van der Waals surface area (Å²) in [4.78, 5) is 30.1. The lowest BCUT2D eigenvalue weighted by molar-refractivity contribution is -0.121. The van der Waals surface area contributed by atoms with Crippen LogP contribution in [0, 0.1) is 0 Å². The average molecular weight is 378 g/mol. The smallest absolute Gasteiger partial charge is 0.265 e. The van der Waals surface area contributed by atoms with E-state index in [4.69, 9.17) is 9.26 Å². The van der Waals surface area contributed by atoms with Crippen molar-refractivity contribution in [3.05, 3.63) is 60.0 Å². The summed E-state index contributed by atoms with van der Waals surface area (Å²) >= 11 is 0. The molecule has 0 spiro atoms. The first-order valence-electron chi connectivity index (χ1n) is 8.89.